The molecule has 0 spiro atoms. The third-order valence-electron chi connectivity index (χ3n) is 6.78. The first-order valence-electron chi connectivity index (χ1n) is 13.9. The van der Waals surface area contributed by atoms with Gasteiger partial charge in [0.2, 0.25) is 0 Å². The molecule has 0 amide bonds. The van der Waals surface area contributed by atoms with Crippen LogP contribution in [0.15, 0.2) is 12.2 Å². The summed E-state index contributed by atoms with van der Waals surface area (Å²) in [6.07, 6.45) is 22.4. The predicted molar refractivity (Wildman–Crippen MR) is 138 cm³/mol. The summed E-state index contributed by atoms with van der Waals surface area (Å²) in [6.45, 7) is 3.57. The first kappa shape index (κ1) is 33.1. The SMILES string of the molecule is CCCC/C=C/CCCCCCCCCCCCC[N+](CCC(=O)[O-])(CCC(=O)O)CCC(=O)O. The molecule has 7 nitrogen and oxygen atoms in total. The average molecular weight is 498 g/mol. The van der Waals surface area contributed by atoms with Crippen molar-refractivity contribution in [2.24, 2.45) is 0 Å². The highest BCUT2D eigenvalue weighted by Crippen LogP contribution is 2.17. The molecule has 2 N–H and O–H groups in total. The summed E-state index contributed by atoms with van der Waals surface area (Å²) in [7, 11) is 0. The van der Waals surface area contributed by atoms with Crippen molar-refractivity contribution >= 4 is 17.9 Å². The van der Waals surface area contributed by atoms with Crippen LogP contribution in [0.2, 0.25) is 0 Å². The number of allylic oxidation sites excluding steroid dienone is 2. The van der Waals surface area contributed by atoms with Crippen LogP contribution < -0.4 is 5.11 Å². The average Bonchev–Trinajstić information content (AvgIpc) is 2.81. The van der Waals surface area contributed by atoms with Gasteiger partial charge in [-0.25, -0.2) is 0 Å². The van der Waals surface area contributed by atoms with Crippen LogP contribution in [0, 0.1) is 0 Å². The number of aliphatic carboxylic acids is 3. The van der Waals surface area contributed by atoms with Gasteiger partial charge in [-0.15, -0.1) is 0 Å². The molecular formula is C28H51NO6. The predicted octanol–water partition coefficient (Wildman–Crippen LogP) is 5.32. The molecule has 0 aliphatic rings. The van der Waals surface area contributed by atoms with E-state index in [9.17, 15) is 19.5 Å². The lowest BCUT2D eigenvalue weighted by Crippen LogP contribution is -2.53. The molecule has 0 aliphatic carbocycles. The number of unbranched alkanes of at least 4 members (excludes halogenated alkanes) is 13. The van der Waals surface area contributed by atoms with E-state index in [2.05, 4.69) is 19.1 Å². The van der Waals surface area contributed by atoms with E-state index in [1.807, 2.05) is 0 Å². The molecule has 0 bridgehead atoms. The Bertz CT molecular complexity index is 544. The van der Waals surface area contributed by atoms with Crippen LogP contribution in [0.5, 0.6) is 0 Å². The number of quaternary nitrogens is 1. The quantitative estimate of drug-likeness (QED) is 0.0949. The molecule has 7 heteroatoms. The Morgan fingerprint density at radius 3 is 1.43 bits per heavy atom. The van der Waals surface area contributed by atoms with Crippen LogP contribution in [-0.2, 0) is 14.4 Å². The maximum atomic E-state index is 11.1. The van der Waals surface area contributed by atoms with Gasteiger partial charge in [-0.2, -0.15) is 0 Å². The highest BCUT2D eigenvalue weighted by Gasteiger charge is 2.28. The first-order valence-corrected chi connectivity index (χ1v) is 13.9. The number of hydrogen-bond donors (Lipinski definition) is 2. The van der Waals surface area contributed by atoms with Gasteiger partial charge in [0.1, 0.15) is 0 Å². The van der Waals surface area contributed by atoms with Crippen molar-refractivity contribution < 1.29 is 34.2 Å². The normalized spacial score (nSPS) is 11.8. The third kappa shape index (κ3) is 22.3. The molecule has 0 unspecified atom stereocenters. The van der Waals surface area contributed by atoms with Crippen molar-refractivity contribution in [1.29, 1.82) is 0 Å². The van der Waals surface area contributed by atoms with Crippen LogP contribution >= 0.6 is 0 Å². The van der Waals surface area contributed by atoms with Gasteiger partial charge in [-0.1, -0.05) is 83.3 Å². The summed E-state index contributed by atoms with van der Waals surface area (Å²) in [6, 6.07) is 0. The van der Waals surface area contributed by atoms with Crippen molar-refractivity contribution in [3.63, 3.8) is 0 Å². The monoisotopic (exact) mass is 497 g/mol. The molecular weight excluding hydrogens is 446 g/mol. The molecule has 0 saturated carbocycles. The maximum absolute atomic E-state index is 11.1. The van der Waals surface area contributed by atoms with Crippen molar-refractivity contribution in [1.82, 2.24) is 0 Å². The lowest BCUT2D eigenvalue weighted by Gasteiger charge is -2.38. The van der Waals surface area contributed by atoms with Gasteiger partial charge in [0, 0.05) is 12.4 Å². The van der Waals surface area contributed by atoms with E-state index in [4.69, 9.17) is 10.2 Å². The van der Waals surface area contributed by atoms with Crippen LogP contribution in [0.4, 0.5) is 0 Å². The number of carboxylic acids is 3. The van der Waals surface area contributed by atoms with Gasteiger partial charge in [0.25, 0.3) is 0 Å². The summed E-state index contributed by atoms with van der Waals surface area (Å²) in [5, 5.41) is 29.2. The fraction of sp³-hybridized carbons (Fsp3) is 0.821. The molecule has 0 radical (unpaired) electrons. The largest absolute Gasteiger partial charge is 0.550 e. The summed E-state index contributed by atoms with van der Waals surface area (Å²) in [4.78, 5) is 33.2. The van der Waals surface area contributed by atoms with Gasteiger partial charge in [0.05, 0.1) is 39.0 Å². The van der Waals surface area contributed by atoms with Gasteiger partial charge in [-0.3, -0.25) is 9.59 Å². The number of carbonyl (C=O) groups excluding carboxylic acids is 1. The van der Waals surface area contributed by atoms with E-state index in [1.165, 1.54) is 77.0 Å². The Morgan fingerprint density at radius 2 is 1.00 bits per heavy atom. The van der Waals surface area contributed by atoms with E-state index in [-0.39, 0.29) is 43.4 Å². The fourth-order valence-corrected chi connectivity index (χ4v) is 4.52. The Morgan fingerprint density at radius 1 is 0.600 bits per heavy atom. The second kappa shape index (κ2) is 22.6. The molecule has 0 saturated heterocycles. The zero-order valence-corrected chi connectivity index (χ0v) is 22.2. The van der Waals surface area contributed by atoms with Crippen molar-refractivity contribution in [2.45, 2.75) is 122 Å². The van der Waals surface area contributed by atoms with E-state index in [0.29, 0.717) is 6.54 Å². The molecule has 0 rings (SSSR count). The number of nitrogens with zero attached hydrogens (tertiary/aromatic N) is 1. The van der Waals surface area contributed by atoms with Crippen molar-refractivity contribution in [3.05, 3.63) is 12.2 Å². The minimum absolute atomic E-state index is 0.0949. The van der Waals surface area contributed by atoms with Gasteiger partial charge in [0.15, 0.2) is 0 Å². The van der Waals surface area contributed by atoms with E-state index < -0.39 is 17.9 Å². The summed E-state index contributed by atoms with van der Waals surface area (Å²) in [5.74, 6) is -3.08. The summed E-state index contributed by atoms with van der Waals surface area (Å²) in [5.41, 5.74) is 0. The lowest BCUT2D eigenvalue weighted by molar-refractivity contribution is -0.927. The Hall–Kier alpha value is -1.89. The molecule has 35 heavy (non-hydrogen) atoms. The molecule has 0 atom stereocenters. The number of carboxylic acid groups (broad SMARTS) is 3. The highest BCUT2D eigenvalue weighted by molar-refractivity contribution is 5.67. The van der Waals surface area contributed by atoms with Crippen LogP contribution in [0.3, 0.4) is 0 Å². The molecule has 0 aromatic heterocycles. The minimum atomic E-state index is -1.18. The number of rotatable bonds is 26. The van der Waals surface area contributed by atoms with Gasteiger partial charge >= 0.3 is 11.9 Å². The van der Waals surface area contributed by atoms with Crippen LogP contribution in [-0.4, -0.2) is 58.8 Å². The first-order chi connectivity index (χ1) is 16.8. The molecule has 0 aliphatic heterocycles. The van der Waals surface area contributed by atoms with Crippen molar-refractivity contribution in [3.8, 4) is 0 Å². The zero-order valence-electron chi connectivity index (χ0n) is 22.2. The maximum Gasteiger partial charge on any atom is 0.309 e. The molecule has 204 valence electrons. The third-order valence-corrected chi connectivity index (χ3v) is 6.78. The molecule has 0 heterocycles. The summed E-state index contributed by atoms with van der Waals surface area (Å²) < 4.78 is 0.223. The fourth-order valence-electron chi connectivity index (χ4n) is 4.52. The lowest BCUT2D eigenvalue weighted by atomic mass is 10.0. The van der Waals surface area contributed by atoms with Crippen LogP contribution in [0.25, 0.3) is 0 Å². The minimum Gasteiger partial charge on any atom is -0.550 e. The van der Waals surface area contributed by atoms with E-state index in [0.717, 1.165) is 19.3 Å². The Balaban J connectivity index is 4.03. The van der Waals surface area contributed by atoms with Gasteiger partial charge in [-0.05, 0) is 32.1 Å². The van der Waals surface area contributed by atoms with Crippen LogP contribution in [0.1, 0.15) is 122 Å². The Kier molecular flexibility index (Phi) is 21.3. The van der Waals surface area contributed by atoms with E-state index in [1.54, 1.807) is 0 Å². The van der Waals surface area contributed by atoms with Crippen molar-refractivity contribution in [2.75, 3.05) is 26.2 Å². The molecule has 0 aromatic rings. The second-order valence-electron chi connectivity index (χ2n) is 9.94. The standard InChI is InChI=1S/C28H51NO6/c1-2-3-4-5-6-7-8-9-10-11-12-13-14-15-16-17-18-22-29(23-19-26(30)31,24-20-27(32)33)25-21-28(34)35/h5-6H,2-4,7-25H2,1H3,(H2-,30,31,32,33,34,35)/b6-5+. The number of hydrogen-bond acceptors (Lipinski definition) is 4. The van der Waals surface area contributed by atoms with E-state index >= 15 is 0 Å². The Labute approximate surface area is 213 Å². The second-order valence-corrected chi connectivity index (χ2v) is 9.94. The highest BCUT2D eigenvalue weighted by atomic mass is 16.4. The molecule has 0 fully saturated rings. The number of carbonyl (C=O) groups is 3. The topological polar surface area (TPSA) is 115 Å². The molecule has 0 aromatic carbocycles. The zero-order chi connectivity index (χ0) is 26.2. The summed E-state index contributed by atoms with van der Waals surface area (Å²) >= 11 is 0. The van der Waals surface area contributed by atoms with Gasteiger partial charge < -0.3 is 24.6 Å². The smallest absolute Gasteiger partial charge is 0.309 e.